The van der Waals surface area contributed by atoms with Crippen LogP contribution in [0, 0.1) is 0 Å². The molecular formula is C18H17BrO5. The fourth-order valence-electron chi connectivity index (χ4n) is 2.09. The van der Waals surface area contributed by atoms with Gasteiger partial charge in [0.25, 0.3) is 0 Å². The topological polar surface area (TPSA) is 61.8 Å². The number of Topliss-reactive ketones (excluding diaryl/α,β-unsaturated/α-hetero) is 1. The van der Waals surface area contributed by atoms with Crippen LogP contribution in [-0.2, 0) is 4.74 Å². The zero-order chi connectivity index (χ0) is 17.7. The quantitative estimate of drug-likeness (QED) is 0.551. The van der Waals surface area contributed by atoms with Crippen molar-refractivity contribution in [1.82, 2.24) is 0 Å². The lowest BCUT2D eigenvalue weighted by Crippen LogP contribution is -2.24. The van der Waals surface area contributed by atoms with Crippen LogP contribution in [0.25, 0.3) is 0 Å². The van der Waals surface area contributed by atoms with E-state index < -0.39 is 12.1 Å². The summed E-state index contributed by atoms with van der Waals surface area (Å²) >= 11 is 3.31. The Labute approximate surface area is 148 Å². The van der Waals surface area contributed by atoms with Crippen LogP contribution in [0.15, 0.2) is 46.9 Å². The molecule has 1 atom stereocenters. The van der Waals surface area contributed by atoms with Crippen molar-refractivity contribution in [1.29, 1.82) is 0 Å². The maximum Gasteiger partial charge on any atom is 0.342 e. The van der Waals surface area contributed by atoms with Gasteiger partial charge in [-0.05, 0) is 31.2 Å². The molecule has 24 heavy (non-hydrogen) atoms. The summed E-state index contributed by atoms with van der Waals surface area (Å²) < 4.78 is 16.4. The monoisotopic (exact) mass is 392 g/mol. The number of rotatable bonds is 6. The van der Waals surface area contributed by atoms with Gasteiger partial charge in [-0.25, -0.2) is 4.79 Å². The highest BCUT2D eigenvalue weighted by Gasteiger charge is 2.22. The zero-order valence-corrected chi connectivity index (χ0v) is 15.1. The largest absolute Gasteiger partial charge is 0.497 e. The molecule has 0 bridgehead atoms. The van der Waals surface area contributed by atoms with Gasteiger partial charge in [-0.15, -0.1) is 0 Å². The van der Waals surface area contributed by atoms with E-state index >= 15 is 0 Å². The molecule has 0 aliphatic heterocycles. The van der Waals surface area contributed by atoms with Gasteiger partial charge in [0.1, 0.15) is 17.1 Å². The number of esters is 1. The first-order valence-electron chi connectivity index (χ1n) is 7.19. The summed E-state index contributed by atoms with van der Waals surface area (Å²) in [4.78, 5) is 24.7. The molecule has 0 aromatic heterocycles. The van der Waals surface area contributed by atoms with Crippen molar-refractivity contribution in [2.75, 3.05) is 14.2 Å². The van der Waals surface area contributed by atoms with Crippen molar-refractivity contribution in [3.8, 4) is 11.5 Å². The van der Waals surface area contributed by atoms with Crippen molar-refractivity contribution >= 4 is 27.7 Å². The van der Waals surface area contributed by atoms with Gasteiger partial charge < -0.3 is 14.2 Å². The number of ether oxygens (including phenoxy) is 3. The van der Waals surface area contributed by atoms with E-state index in [9.17, 15) is 9.59 Å². The number of hydrogen-bond donors (Lipinski definition) is 0. The summed E-state index contributed by atoms with van der Waals surface area (Å²) in [5, 5.41) is 0. The van der Waals surface area contributed by atoms with Gasteiger partial charge in [0.05, 0.1) is 14.2 Å². The maximum absolute atomic E-state index is 12.3. The van der Waals surface area contributed by atoms with Gasteiger partial charge in [0.15, 0.2) is 6.10 Å². The van der Waals surface area contributed by atoms with Gasteiger partial charge in [-0.3, -0.25) is 4.79 Å². The van der Waals surface area contributed by atoms with Crippen LogP contribution >= 0.6 is 15.9 Å². The Morgan fingerprint density at radius 2 is 1.67 bits per heavy atom. The Bertz CT molecular complexity index is 740. The van der Waals surface area contributed by atoms with Crippen molar-refractivity contribution in [3.05, 3.63) is 58.1 Å². The third kappa shape index (κ3) is 4.14. The first-order chi connectivity index (χ1) is 11.5. The van der Waals surface area contributed by atoms with E-state index in [1.807, 2.05) is 0 Å². The van der Waals surface area contributed by atoms with Crippen molar-refractivity contribution in [2.45, 2.75) is 13.0 Å². The Morgan fingerprint density at radius 3 is 2.25 bits per heavy atom. The SMILES string of the molecule is COc1ccc(C(=O)O[C@@H](C)C(=O)c2ccc(Br)cc2)c(OC)c1. The molecule has 0 unspecified atom stereocenters. The highest BCUT2D eigenvalue weighted by atomic mass is 79.9. The number of carbonyl (C=O) groups excluding carboxylic acids is 2. The fraction of sp³-hybridized carbons (Fsp3) is 0.222. The summed E-state index contributed by atoms with van der Waals surface area (Å²) in [5.74, 6) is -0.0270. The van der Waals surface area contributed by atoms with Crippen LogP contribution in [0.1, 0.15) is 27.6 Å². The molecule has 126 valence electrons. The van der Waals surface area contributed by atoms with Crippen molar-refractivity contribution in [3.63, 3.8) is 0 Å². The second-order valence-corrected chi connectivity index (χ2v) is 5.90. The Morgan fingerprint density at radius 1 is 1.00 bits per heavy atom. The minimum Gasteiger partial charge on any atom is -0.497 e. The Kier molecular flexibility index (Phi) is 5.98. The lowest BCUT2D eigenvalue weighted by atomic mass is 10.1. The first kappa shape index (κ1) is 18.0. The molecule has 0 radical (unpaired) electrons. The highest BCUT2D eigenvalue weighted by molar-refractivity contribution is 9.10. The molecule has 0 aliphatic carbocycles. The molecule has 0 aliphatic rings. The van der Waals surface area contributed by atoms with Gasteiger partial charge in [-0.2, -0.15) is 0 Å². The van der Waals surface area contributed by atoms with Crippen LogP contribution in [0.4, 0.5) is 0 Å². The zero-order valence-electron chi connectivity index (χ0n) is 13.5. The number of halogens is 1. The summed E-state index contributed by atoms with van der Waals surface area (Å²) in [6.45, 7) is 1.54. The van der Waals surface area contributed by atoms with Gasteiger partial charge >= 0.3 is 5.97 Å². The standard InChI is InChI=1S/C18H17BrO5/c1-11(17(20)12-4-6-13(19)7-5-12)24-18(21)15-9-8-14(22-2)10-16(15)23-3/h4-11H,1-3H3/t11-/m0/s1. The van der Waals surface area contributed by atoms with Gasteiger partial charge in [-0.1, -0.05) is 28.1 Å². The van der Waals surface area contributed by atoms with Crippen molar-refractivity contribution < 1.29 is 23.8 Å². The third-order valence-electron chi connectivity index (χ3n) is 3.41. The van der Waals surface area contributed by atoms with E-state index in [0.29, 0.717) is 17.1 Å². The molecular weight excluding hydrogens is 376 g/mol. The first-order valence-corrected chi connectivity index (χ1v) is 7.98. The number of hydrogen-bond acceptors (Lipinski definition) is 5. The molecule has 0 saturated heterocycles. The van der Waals surface area contributed by atoms with E-state index in [0.717, 1.165) is 4.47 Å². The van der Waals surface area contributed by atoms with Gasteiger partial charge in [0, 0.05) is 16.1 Å². The molecule has 5 nitrogen and oxygen atoms in total. The molecule has 6 heteroatoms. The lowest BCUT2D eigenvalue weighted by molar-refractivity contribution is 0.0316. The average molecular weight is 393 g/mol. The molecule has 0 heterocycles. The van der Waals surface area contributed by atoms with Crippen molar-refractivity contribution in [2.24, 2.45) is 0 Å². The van der Waals surface area contributed by atoms with E-state index in [2.05, 4.69) is 15.9 Å². The highest BCUT2D eigenvalue weighted by Crippen LogP contribution is 2.25. The predicted molar refractivity (Wildman–Crippen MR) is 92.9 cm³/mol. The van der Waals surface area contributed by atoms with E-state index in [1.165, 1.54) is 27.2 Å². The maximum atomic E-state index is 12.3. The molecule has 0 amide bonds. The Balaban J connectivity index is 2.14. The second kappa shape index (κ2) is 7.97. The summed E-state index contributed by atoms with van der Waals surface area (Å²) in [7, 11) is 2.97. The third-order valence-corrected chi connectivity index (χ3v) is 3.94. The summed E-state index contributed by atoms with van der Waals surface area (Å²) in [6.07, 6.45) is -0.912. The smallest absolute Gasteiger partial charge is 0.342 e. The van der Waals surface area contributed by atoms with Crippen LogP contribution < -0.4 is 9.47 Å². The summed E-state index contributed by atoms with van der Waals surface area (Å²) in [6, 6.07) is 11.6. The minimum atomic E-state index is -0.912. The second-order valence-electron chi connectivity index (χ2n) is 4.98. The lowest BCUT2D eigenvalue weighted by Gasteiger charge is -2.14. The molecule has 2 aromatic carbocycles. The fourth-order valence-corrected chi connectivity index (χ4v) is 2.36. The summed E-state index contributed by atoms with van der Waals surface area (Å²) in [5.41, 5.74) is 0.703. The molecule has 0 N–H and O–H groups in total. The molecule has 0 saturated carbocycles. The number of carbonyl (C=O) groups is 2. The van der Waals surface area contributed by atoms with Crippen LogP contribution in [0.5, 0.6) is 11.5 Å². The number of ketones is 1. The molecule has 0 spiro atoms. The molecule has 0 fully saturated rings. The van der Waals surface area contributed by atoms with Crippen LogP contribution in [0.3, 0.4) is 0 Å². The van der Waals surface area contributed by atoms with E-state index in [-0.39, 0.29) is 11.3 Å². The minimum absolute atomic E-state index is 0.230. The number of benzene rings is 2. The average Bonchev–Trinajstić information content (AvgIpc) is 2.60. The predicted octanol–water partition coefficient (Wildman–Crippen LogP) is 3.89. The van der Waals surface area contributed by atoms with Crippen LogP contribution in [0.2, 0.25) is 0 Å². The molecule has 2 rings (SSSR count). The molecule has 2 aromatic rings. The van der Waals surface area contributed by atoms with Gasteiger partial charge in [0.2, 0.25) is 5.78 Å². The number of methoxy groups -OCH3 is 2. The van der Waals surface area contributed by atoms with E-state index in [1.54, 1.807) is 36.4 Å². The van der Waals surface area contributed by atoms with E-state index in [4.69, 9.17) is 14.2 Å². The normalized spacial score (nSPS) is 11.5. The van der Waals surface area contributed by atoms with Crippen LogP contribution in [-0.4, -0.2) is 32.1 Å². The Hall–Kier alpha value is -2.34.